The van der Waals surface area contributed by atoms with Crippen molar-refractivity contribution in [2.45, 2.75) is 25.7 Å². The average Bonchev–Trinajstić information content (AvgIpc) is 2.63. The van der Waals surface area contributed by atoms with Crippen molar-refractivity contribution in [3.63, 3.8) is 0 Å². The highest BCUT2D eigenvalue weighted by atomic mass is 32.1. The standard InChI is InChI=1S/C12H17NO3S/c1-8(2)4-10-13-9(5-17-10)12(6-16-7-12)11(14)15-3/h5,8H,4,6-7H2,1-3H3. The van der Waals surface area contributed by atoms with Gasteiger partial charge in [0.05, 0.1) is 31.0 Å². The third-order valence-corrected chi connectivity index (χ3v) is 3.77. The lowest BCUT2D eigenvalue weighted by atomic mass is 9.83. The first-order valence-corrected chi connectivity index (χ1v) is 6.57. The van der Waals surface area contributed by atoms with Crippen LogP contribution >= 0.6 is 11.3 Å². The highest BCUT2D eigenvalue weighted by molar-refractivity contribution is 7.09. The Morgan fingerprint density at radius 2 is 2.35 bits per heavy atom. The van der Waals surface area contributed by atoms with Crippen molar-refractivity contribution in [1.82, 2.24) is 4.98 Å². The summed E-state index contributed by atoms with van der Waals surface area (Å²) in [4.78, 5) is 16.4. The molecule has 1 aliphatic heterocycles. The van der Waals surface area contributed by atoms with Gasteiger partial charge in [-0.25, -0.2) is 4.98 Å². The SMILES string of the molecule is COC(=O)C1(c2csc(CC(C)C)n2)COC1. The molecule has 0 aliphatic carbocycles. The molecule has 0 radical (unpaired) electrons. The van der Waals surface area contributed by atoms with Gasteiger partial charge in [0.2, 0.25) is 0 Å². The van der Waals surface area contributed by atoms with Gasteiger partial charge >= 0.3 is 5.97 Å². The van der Waals surface area contributed by atoms with E-state index in [1.807, 2.05) is 5.38 Å². The number of ether oxygens (including phenoxy) is 2. The third-order valence-electron chi connectivity index (χ3n) is 2.90. The lowest BCUT2D eigenvalue weighted by Crippen LogP contribution is -2.53. The van der Waals surface area contributed by atoms with Crippen LogP contribution in [0.5, 0.6) is 0 Å². The maximum Gasteiger partial charge on any atom is 0.322 e. The fourth-order valence-corrected chi connectivity index (χ4v) is 2.95. The van der Waals surface area contributed by atoms with E-state index >= 15 is 0 Å². The van der Waals surface area contributed by atoms with Crippen molar-refractivity contribution in [3.05, 3.63) is 16.1 Å². The van der Waals surface area contributed by atoms with E-state index < -0.39 is 5.41 Å². The van der Waals surface area contributed by atoms with E-state index in [4.69, 9.17) is 9.47 Å². The fourth-order valence-electron chi connectivity index (χ4n) is 1.85. The van der Waals surface area contributed by atoms with Crippen molar-refractivity contribution in [3.8, 4) is 0 Å². The first-order valence-electron chi connectivity index (χ1n) is 5.69. The molecular formula is C12H17NO3S. The van der Waals surface area contributed by atoms with Crippen molar-refractivity contribution >= 4 is 17.3 Å². The predicted molar refractivity (Wildman–Crippen MR) is 65.2 cm³/mol. The Bertz CT molecular complexity index is 410. The van der Waals surface area contributed by atoms with Crippen LogP contribution in [-0.4, -0.2) is 31.3 Å². The lowest BCUT2D eigenvalue weighted by molar-refractivity contribution is -0.167. The van der Waals surface area contributed by atoms with E-state index in [1.165, 1.54) is 7.11 Å². The maximum atomic E-state index is 11.8. The largest absolute Gasteiger partial charge is 0.468 e. The van der Waals surface area contributed by atoms with Gasteiger partial charge in [0.25, 0.3) is 0 Å². The van der Waals surface area contributed by atoms with Crippen LogP contribution in [-0.2, 0) is 26.1 Å². The van der Waals surface area contributed by atoms with E-state index in [-0.39, 0.29) is 5.97 Å². The van der Waals surface area contributed by atoms with Gasteiger partial charge < -0.3 is 9.47 Å². The zero-order valence-electron chi connectivity index (χ0n) is 10.4. The molecule has 17 heavy (non-hydrogen) atoms. The van der Waals surface area contributed by atoms with Crippen LogP contribution in [0.1, 0.15) is 24.5 Å². The van der Waals surface area contributed by atoms with E-state index in [0.717, 1.165) is 17.1 Å². The van der Waals surface area contributed by atoms with Gasteiger partial charge in [0, 0.05) is 11.8 Å². The molecule has 2 rings (SSSR count). The number of carbonyl (C=O) groups is 1. The summed E-state index contributed by atoms with van der Waals surface area (Å²) in [6.45, 7) is 5.07. The number of methoxy groups -OCH3 is 1. The quantitative estimate of drug-likeness (QED) is 0.770. The Morgan fingerprint density at radius 3 is 2.82 bits per heavy atom. The molecule has 0 aromatic carbocycles. The Hall–Kier alpha value is -0.940. The normalized spacial score (nSPS) is 17.9. The molecule has 0 atom stereocenters. The third kappa shape index (κ3) is 2.21. The molecule has 1 aromatic heterocycles. The molecule has 0 bridgehead atoms. The number of rotatable bonds is 4. The minimum absolute atomic E-state index is 0.245. The predicted octanol–water partition coefficient (Wildman–Crippen LogP) is 1.78. The molecule has 1 fully saturated rings. The molecule has 0 saturated carbocycles. The molecule has 0 spiro atoms. The average molecular weight is 255 g/mol. The van der Waals surface area contributed by atoms with Gasteiger partial charge in [-0.15, -0.1) is 11.3 Å². The van der Waals surface area contributed by atoms with Crippen molar-refractivity contribution < 1.29 is 14.3 Å². The summed E-state index contributed by atoms with van der Waals surface area (Å²) >= 11 is 1.61. The zero-order valence-corrected chi connectivity index (χ0v) is 11.2. The highest BCUT2D eigenvalue weighted by Crippen LogP contribution is 2.34. The minimum Gasteiger partial charge on any atom is -0.468 e. The number of nitrogens with zero attached hydrogens (tertiary/aromatic N) is 1. The van der Waals surface area contributed by atoms with Crippen molar-refractivity contribution in [2.24, 2.45) is 5.92 Å². The van der Waals surface area contributed by atoms with Gasteiger partial charge in [-0.05, 0) is 5.92 Å². The Labute approximate surface area is 105 Å². The van der Waals surface area contributed by atoms with Gasteiger partial charge in [0.1, 0.15) is 0 Å². The Morgan fingerprint density at radius 1 is 1.65 bits per heavy atom. The number of hydrogen-bond donors (Lipinski definition) is 0. The van der Waals surface area contributed by atoms with Crippen LogP contribution in [0.2, 0.25) is 0 Å². The maximum absolute atomic E-state index is 11.8. The second kappa shape index (κ2) is 4.74. The summed E-state index contributed by atoms with van der Waals surface area (Å²) in [6.07, 6.45) is 0.947. The molecular weight excluding hydrogens is 238 g/mol. The van der Waals surface area contributed by atoms with E-state index in [0.29, 0.717) is 19.1 Å². The van der Waals surface area contributed by atoms with Crippen molar-refractivity contribution in [2.75, 3.05) is 20.3 Å². The molecule has 1 aliphatic rings. The molecule has 94 valence electrons. The van der Waals surface area contributed by atoms with Crippen LogP contribution in [0.25, 0.3) is 0 Å². The van der Waals surface area contributed by atoms with E-state index in [2.05, 4.69) is 18.8 Å². The molecule has 5 heteroatoms. The number of esters is 1. The number of carbonyl (C=O) groups excluding carboxylic acids is 1. The van der Waals surface area contributed by atoms with Gasteiger partial charge in [-0.1, -0.05) is 13.8 Å². The fraction of sp³-hybridized carbons (Fsp3) is 0.667. The topological polar surface area (TPSA) is 48.4 Å². The number of thiazole rings is 1. The molecule has 0 unspecified atom stereocenters. The Kier molecular flexibility index (Phi) is 3.49. The van der Waals surface area contributed by atoms with Crippen molar-refractivity contribution in [1.29, 1.82) is 0 Å². The summed E-state index contributed by atoms with van der Waals surface area (Å²) in [5.41, 5.74) is 0.150. The summed E-state index contributed by atoms with van der Waals surface area (Å²) in [5, 5.41) is 3.03. The molecule has 0 N–H and O–H groups in total. The van der Waals surface area contributed by atoms with E-state index in [1.54, 1.807) is 11.3 Å². The number of aromatic nitrogens is 1. The van der Waals surface area contributed by atoms with Gasteiger partial charge in [-0.2, -0.15) is 0 Å². The van der Waals surface area contributed by atoms with Crippen LogP contribution in [0, 0.1) is 5.92 Å². The summed E-state index contributed by atoms with van der Waals surface area (Å²) in [7, 11) is 1.41. The molecule has 4 nitrogen and oxygen atoms in total. The smallest absolute Gasteiger partial charge is 0.322 e. The first-order chi connectivity index (χ1) is 8.08. The molecule has 0 amide bonds. The monoisotopic (exact) mass is 255 g/mol. The minimum atomic E-state index is -0.652. The second-order valence-corrected chi connectivity index (χ2v) is 5.73. The molecule has 2 heterocycles. The van der Waals surface area contributed by atoms with Crippen LogP contribution in [0.3, 0.4) is 0 Å². The summed E-state index contributed by atoms with van der Waals surface area (Å²) in [6, 6.07) is 0. The lowest BCUT2D eigenvalue weighted by Gasteiger charge is -2.36. The van der Waals surface area contributed by atoms with Gasteiger partial charge in [0.15, 0.2) is 5.41 Å². The summed E-state index contributed by atoms with van der Waals surface area (Å²) in [5.74, 6) is 0.325. The molecule has 1 aromatic rings. The first kappa shape index (κ1) is 12.5. The van der Waals surface area contributed by atoms with Crippen LogP contribution in [0.15, 0.2) is 5.38 Å². The van der Waals surface area contributed by atoms with Crippen LogP contribution in [0.4, 0.5) is 0 Å². The Balaban J connectivity index is 2.20. The highest BCUT2D eigenvalue weighted by Gasteiger charge is 2.50. The zero-order chi connectivity index (χ0) is 12.5. The van der Waals surface area contributed by atoms with Crippen LogP contribution < -0.4 is 0 Å². The number of hydrogen-bond acceptors (Lipinski definition) is 5. The van der Waals surface area contributed by atoms with Gasteiger partial charge in [-0.3, -0.25) is 4.79 Å². The summed E-state index contributed by atoms with van der Waals surface area (Å²) < 4.78 is 10.0. The molecule has 1 saturated heterocycles. The van der Waals surface area contributed by atoms with E-state index in [9.17, 15) is 4.79 Å². The second-order valence-electron chi connectivity index (χ2n) is 4.79.